The first-order chi connectivity index (χ1) is 17.8. The number of Topliss-reactive ketones (excluding diaryl/α,β-unsaturated/α-hetero) is 1. The van der Waals surface area contributed by atoms with E-state index in [1.54, 1.807) is 12.1 Å². The number of hydrogen-bond donors (Lipinski definition) is 2. The Labute approximate surface area is 220 Å². The fourth-order valence-electron chi connectivity index (χ4n) is 4.70. The van der Waals surface area contributed by atoms with Crippen LogP contribution in [-0.2, 0) is 16.1 Å². The number of nitrogens with one attached hydrogen (secondary N) is 1. The number of rotatable bonds is 12. The second kappa shape index (κ2) is 13.9. The largest absolute Gasteiger partial charge is 0.366 e. The molecule has 3 rings (SSSR count). The lowest BCUT2D eigenvalue weighted by atomic mass is 9.84. The molecule has 0 spiro atoms. The Bertz CT molecular complexity index is 1100. The van der Waals surface area contributed by atoms with Crippen LogP contribution in [0.3, 0.4) is 0 Å². The number of amides is 2. The van der Waals surface area contributed by atoms with Gasteiger partial charge in [0.05, 0.1) is 6.54 Å². The van der Waals surface area contributed by atoms with Gasteiger partial charge in [0.1, 0.15) is 0 Å². The van der Waals surface area contributed by atoms with Gasteiger partial charge < -0.3 is 16.0 Å². The second-order valence-electron chi connectivity index (χ2n) is 9.90. The van der Waals surface area contributed by atoms with Crippen LogP contribution in [0, 0.1) is 0 Å². The molecule has 1 aliphatic heterocycles. The number of unbranched alkanes of at least 4 members (excludes halogenated alkanes) is 1. The molecule has 1 fully saturated rings. The summed E-state index contributed by atoms with van der Waals surface area (Å²) in [5.74, 6) is -1.29. The number of piperazine rings is 1. The van der Waals surface area contributed by atoms with Crippen molar-refractivity contribution in [2.75, 3.05) is 39.8 Å². The fraction of sp³-hybridized carbons (Fsp3) is 0.433. The summed E-state index contributed by atoms with van der Waals surface area (Å²) in [5, 5.41) is 2.62. The number of hydrogen-bond acceptors (Lipinski definition) is 5. The highest BCUT2D eigenvalue weighted by Crippen LogP contribution is 2.30. The molecule has 0 radical (unpaired) electrons. The van der Waals surface area contributed by atoms with Gasteiger partial charge in [0.15, 0.2) is 5.78 Å². The molecule has 7 heteroatoms. The number of benzene rings is 2. The third kappa shape index (κ3) is 8.37. The van der Waals surface area contributed by atoms with Gasteiger partial charge >= 0.3 is 0 Å². The molecule has 0 saturated carbocycles. The summed E-state index contributed by atoms with van der Waals surface area (Å²) in [4.78, 5) is 41.6. The minimum Gasteiger partial charge on any atom is -0.366 e. The van der Waals surface area contributed by atoms with Crippen LogP contribution in [0.4, 0.5) is 0 Å². The summed E-state index contributed by atoms with van der Waals surface area (Å²) in [7, 11) is 2.16. The van der Waals surface area contributed by atoms with Gasteiger partial charge in [-0.25, -0.2) is 0 Å². The monoisotopic (exact) mass is 504 g/mol. The van der Waals surface area contributed by atoms with E-state index in [9.17, 15) is 14.4 Å². The van der Waals surface area contributed by atoms with Gasteiger partial charge in [-0.05, 0) is 41.8 Å². The lowest BCUT2D eigenvalue weighted by Gasteiger charge is -2.32. The predicted octanol–water partition coefficient (Wildman–Crippen LogP) is 3.68. The van der Waals surface area contributed by atoms with Crippen molar-refractivity contribution in [1.29, 1.82) is 0 Å². The standard InChI is InChI=1S/C30H40N4O3/c1-4-5-7-27(29(36)20-32-22(2)35)25-8-6-9-28(30(31)37)26(25)15-14-23-10-12-24(13-11-23)21-34-18-16-33(3)17-19-34/h6,8-15,27H,4-5,7,16-21H2,1-3H3,(H2,31,37)(H,32,35). The van der Waals surface area contributed by atoms with Crippen molar-refractivity contribution in [3.8, 4) is 0 Å². The zero-order valence-electron chi connectivity index (χ0n) is 22.3. The zero-order valence-corrected chi connectivity index (χ0v) is 22.3. The molecule has 198 valence electrons. The molecule has 3 N–H and O–H groups in total. The fourth-order valence-corrected chi connectivity index (χ4v) is 4.70. The van der Waals surface area contributed by atoms with Crippen molar-refractivity contribution < 1.29 is 14.4 Å². The Morgan fingerprint density at radius 3 is 2.35 bits per heavy atom. The van der Waals surface area contributed by atoms with E-state index in [2.05, 4.69) is 53.4 Å². The molecule has 1 saturated heterocycles. The molecule has 1 atom stereocenters. The first-order valence-corrected chi connectivity index (χ1v) is 13.2. The average Bonchev–Trinajstić information content (AvgIpc) is 2.88. The number of likely N-dealkylation sites (N-methyl/N-ethyl adjacent to an activating group) is 1. The van der Waals surface area contributed by atoms with Crippen LogP contribution in [0.1, 0.15) is 71.6 Å². The third-order valence-electron chi connectivity index (χ3n) is 6.95. The maximum absolute atomic E-state index is 13.1. The van der Waals surface area contributed by atoms with Crippen LogP contribution >= 0.6 is 0 Å². The summed E-state index contributed by atoms with van der Waals surface area (Å²) >= 11 is 0. The molecule has 2 aromatic carbocycles. The van der Waals surface area contributed by atoms with Gasteiger partial charge in [0.2, 0.25) is 11.8 Å². The molecule has 0 aliphatic carbocycles. The summed E-state index contributed by atoms with van der Waals surface area (Å²) in [5.41, 5.74) is 9.80. The molecule has 1 aliphatic rings. The SMILES string of the molecule is CCCCC(C(=O)CNC(C)=O)c1cccc(C(N)=O)c1C=Cc1ccc(CN2CCN(C)CC2)cc1. The number of nitrogens with two attached hydrogens (primary N) is 1. The van der Waals surface area contributed by atoms with Crippen LogP contribution in [0.2, 0.25) is 0 Å². The highest BCUT2D eigenvalue weighted by molar-refractivity contribution is 5.99. The molecule has 7 nitrogen and oxygen atoms in total. The zero-order chi connectivity index (χ0) is 26.8. The number of carbonyl (C=O) groups excluding carboxylic acids is 3. The summed E-state index contributed by atoms with van der Waals surface area (Å²) in [6.07, 6.45) is 6.27. The van der Waals surface area contributed by atoms with E-state index in [1.165, 1.54) is 12.5 Å². The Kier molecular flexibility index (Phi) is 10.6. The van der Waals surface area contributed by atoms with E-state index < -0.39 is 11.8 Å². The van der Waals surface area contributed by atoms with Crippen LogP contribution < -0.4 is 11.1 Å². The van der Waals surface area contributed by atoms with Crippen molar-refractivity contribution in [1.82, 2.24) is 15.1 Å². The van der Waals surface area contributed by atoms with Gasteiger partial charge in [0, 0.05) is 51.1 Å². The van der Waals surface area contributed by atoms with Crippen molar-refractivity contribution in [3.05, 3.63) is 70.3 Å². The highest BCUT2D eigenvalue weighted by atomic mass is 16.2. The maximum atomic E-state index is 13.1. The first-order valence-electron chi connectivity index (χ1n) is 13.2. The van der Waals surface area contributed by atoms with E-state index in [0.29, 0.717) is 17.5 Å². The molecule has 0 bridgehead atoms. The minimum absolute atomic E-state index is 0.0393. The van der Waals surface area contributed by atoms with Gasteiger partial charge in [-0.15, -0.1) is 0 Å². The van der Waals surface area contributed by atoms with E-state index >= 15 is 0 Å². The predicted molar refractivity (Wildman–Crippen MR) is 149 cm³/mol. The Balaban J connectivity index is 1.85. The molecular weight excluding hydrogens is 464 g/mol. The Morgan fingerprint density at radius 1 is 1.03 bits per heavy atom. The summed E-state index contributed by atoms with van der Waals surface area (Å²) in [6, 6.07) is 13.8. The molecular formula is C30H40N4O3. The topological polar surface area (TPSA) is 95.7 Å². The van der Waals surface area contributed by atoms with Crippen LogP contribution in [0.15, 0.2) is 42.5 Å². The van der Waals surface area contributed by atoms with E-state index in [0.717, 1.165) is 56.7 Å². The number of nitrogens with zero attached hydrogens (tertiary/aromatic N) is 2. The molecule has 1 heterocycles. The number of carbonyl (C=O) groups is 3. The molecule has 1 unspecified atom stereocenters. The van der Waals surface area contributed by atoms with Gasteiger partial charge in [-0.2, -0.15) is 0 Å². The first kappa shape index (κ1) is 28.3. The van der Waals surface area contributed by atoms with E-state index in [1.807, 2.05) is 18.2 Å². The Hall–Kier alpha value is -3.29. The van der Waals surface area contributed by atoms with Crippen LogP contribution in [0.25, 0.3) is 12.2 Å². The van der Waals surface area contributed by atoms with Gasteiger partial charge in [-0.1, -0.05) is 68.3 Å². The lowest BCUT2D eigenvalue weighted by Crippen LogP contribution is -2.43. The lowest BCUT2D eigenvalue weighted by molar-refractivity contribution is -0.124. The van der Waals surface area contributed by atoms with Crippen LogP contribution in [-0.4, -0.2) is 67.2 Å². The molecule has 2 amide bonds. The third-order valence-corrected chi connectivity index (χ3v) is 6.95. The number of primary amides is 1. The van der Waals surface area contributed by atoms with Crippen molar-refractivity contribution in [2.24, 2.45) is 5.73 Å². The molecule has 2 aromatic rings. The number of ketones is 1. The molecule has 37 heavy (non-hydrogen) atoms. The van der Waals surface area contributed by atoms with Gasteiger partial charge in [0.25, 0.3) is 0 Å². The maximum Gasteiger partial charge on any atom is 0.249 e. The second-order valence-corrected chi connectivity index (χ2v) is 9.90. The summed E-state index contributed by atoms with van der Waals surface area (Å²) < 4.78 is 0. The van der Waals surface area contributed by atoms with Crippen molar-refractivity contribution in [3.63, 3.8) is 0 Å². The van der Waals surface area contributed by atoms with Crippen LogP contribution in [0.5, 0.6) is 0 Å². The van der Waals surface area contributed by atoms with E-state index in [-0.39, 0.29) is 18.2 Å². The Morgan fingerprint density at radius 2 is 1.73 bits per heavy atom. The minimum atomic E-state index is -0.535. The van der Waals surface area contributed by atoms with E-state index in [4.69, 9.17) is 5.73 Å². The smallest absolute Gasteiger partial charge is 0.249 e. The highest BCUT2D eigenvalue weighted by Gasteiger charge is 2.24. The van der Waals surface area contributed by atoms with Gasteiger partial charge in [-0.3, -0.25) is 19.3 Å². The van der Waals surface area contributed by atoms with Crippen molar-refractivity contribution in [2.45, 2.75) is 45.6 Å². The molecule has 0 aromatic heterocycles. The quantitative estimate of drug-likeness (QED) is 0.430. The van der Waals surface area contributed by atoms with Crippen molar-refractivity contribution >= 4 is 29.7 Å². The normalized spacial score (nSPS) is 15.5. The average molecular weight is 505 g/mol. The summed E-state index contributed by atoms with van der Waals surface area (Å²) in [6.45, 7) is 8.69.